The van der Waals surface area contributed by atoms with Gasteiger partial charge in [-0.25, -0.2) is 4.79 Å². The summed E-state index contributed by atoms with van der Waals surface area (Å²) in [7, 11) is 3.65. The third-order valence-corrected chi connectivity index (χ3v) is 10.1. The minimum Gasteiger partial charge on any atom is -0.449 e. The summed E-state index contributed by atoms with van der Waals surface area (Å²) in [5.74, 6) is 0.455. The van der Waals surface area contributed by atoms with E-state index in [0.29, 0.717) is 39.1 Å². The minimum absolute atomic E-state index is 0.0472. The SMILES string of the molecule is CNC(CCCCCCCCOC(=O)N1CC[C@@](NC)(C(C)=O)C1)(CCCCCCCC(=O)N1CCC[C@@H]1C(C)=O)C(C)=O. The number of nitrogens with one attached hydrogen (secondary N) is 2. The lowest BCUT2D eigenvalue weighted by molar-refractivity contribution is -0.137. The van der Waals surface area contributed by atoms with Gasteiger partial charge in [0.1, 0.15) is 5.78 Å². The second-order valence-electron chi connectivity index (χ2n) is 13.1. The quantitative estimate of drug-likeness (QED) is 0.163. The van der Waals surface area contributed by atoms with Crippen LogP contribution in [0.4, 0.5) is 4.79 Å². The first-order chi connectivity index (χ1) is 21.0. The van der Waals surface area contributed by atoms with Crippen molar-refractivity contribution in [2.45, 2.75) is 147 Å². The molecule has 2 heterocycles. The molecule has 2 rings (SSSR count). The number of rotatable bonds is 22. The van der Waals surface area contributed by atoms with E-state index in [2.05, 4.69) is 10.6 Å². The summed E-state index contributed by atoms with van der Waals surface area (Å²) in [6.45, 7) is 6.82. The average molecular weight is 621 g/mol. The van der Waals surface area contributed by atoms with Gasteiger partial charge in [-0.15, -0.1) is 0 Å². The van der Waals surface area contributed by atoms with Crippen LogP contribution in [0.25, 0.3) is 0 Å². The van der Waals surface area contributed by atoms with Crippen LogP contribution in [0.1, 0.15) is 130 Å². The molecular formula is C34H60N4O6. The van der Waals surface area contributed by atoms with Crippen LogP contribution in [0.5, 0.6) is 0 Å². The molecule has 0 aliphatic carbocycles. The molecule has 3 atom stereocenters. The van der Waals surface area contributed by atoms with Gasteiger partial charge in [-0.05, 0) is 79.8 Å². The van der Waals surface area contributed by atoms with Crippen molar-refractivity contribution < 1.29 is 28.7 Å². The van der Waals surface area contributed by atoms with Gasteiger partial charge in [0.05, 0.1) is 23.7 Å². The lowest BCUT2D eigenvalue weighted by Gasteiger charge is -2.31. The summed E-state index contributed by atoms with van der Waals surface area (Å²) in [5.41, 5.74) is -1.12. The monoisotopic (exact) mass is 620 g/mol. The maximum atomic E-state index is 12.6. The summed E-state index contributed by atoms with van der Waals surface area (Å²) in [4.78, 5) is 64.6. The topological polar surface area (TPSA) is 125 Å². The molecule has 2 aliphatic rings. The van der Waals surface area contributed by atoms with Gasteiger partial charge in [0, 0.05) is 26.1 Å². The molecule has 0 saturated carbocycles. The first-order valence-corrected chi connectivity index (χ1v) is 17.1. The number of carbonyl (C=O) groups is 5. The molecule has 2 saturated heterocycles. The van der Waals surface area contributed by atoms with Crippen molar-refractivity contribution in [2.24, 2.45) is 0 Å². The maximum Gasteiger partial charge on any atom is 0.409 e. The molecule has 0 aromatic rings. The number of amides is 2. The normalized spacial score (nSPS) is 21.3. The van der Waals surface area contributed by atoms with E-state index >= 15 is 0 Å². The Hall–Kier alpha value is -2.33. The van der Waals surface area contributed by atoms with Crippen LogP contribution in [0.15, 0.2) is 0 Å². The molecule has 2 fully saturated rings. The first kappa shape index (κ1) is 37.9. The van der Waals surface area contributed by atoms with Crippen molar-refractivity contribution in [3.05, 3.63) is 0 Å². The molecule has 0 aromatic heterocycles. The molecule has 252 valence electrons. The van der Waals surface area contributed by atoms with E-state index in [9.17, 15) is 24.0 Å². The summed E-state index contributed by atoms with van der Waals surface area (Å²) >= 11 is 0. The van der Waals surface area contributed by atoms with Gasteiger partial charge < -0.3 is 25.2 Å². The van der Waals surface area contributed by atoms with Crippen molar-refractivity contribution in [3.63, 3.8) is 0 Å². The van der Waals surface area contributed by atoms with Gasteiger partial charge in [-0.3, -0.25) is 19.2 Å². The molecule has 2 aliphatic heterocycles. The second-order valence-corrected chi connectivity index (χ2v) is 13.1. The second kappa shape index (κ2) is 19.2. The Labute approximate surface area is 265 Å². The third kappa shape index (κ3) is 11.2. The minimum atomic E-state index is -0.647. The maximum absolute atomic E-state index is 12.6. The molecule has 0 spiro atoms. The summed E-state index contributed by atoms with van der Waals surface area (Å²) in [5, 5.41) is 6.42. The van der Waals surface area contributed by atoms with Gasteiger partial charge in [0.15, 0.2) is 11.6 Å². The number of likely N-dealkylation sites (N-methyl/N-ethyl adjacent to an activating group) is 2. The van der Waals surface area contributed by atoms with Crippen LogP contribution < -0.4 is 10.6 Å². The largest absolute Gasteiger partial charge is 0.449 e. The molecular weight excluding hydrogens is 560 g/mol. The Morgan fingerprint density at radius 3 is 1.93 bits per heavy atom. The number of hydrogen-bond donors (Lipinski definition) is 2. The molecule has 0 radical (unpaired) electrons. The van der Waals surface area contributed by atoms with Gasteiger partial charge in [-0.2, -0.15) is 0 Å². The predicted molar refractivity (Wildman–Crippen MR) is 173 cm³/mol. The molecule has 0 aromatic carbocycles. The Morgan fingerprint density at radius 2 is 1.41 bits per heavy atom. The number of ketones is 3. The van der Waals surface area contributed by atoms with Crippen molar-refractivity contribution in [2.75, 3.05) is 40.3 Å². The average Bonchev–Trinajstić information content (AvgIpc) is 3.67. The lowest BCUT2D eigenvalue weighted by Crippen LogP contribution is -2.51. The van der Waals surface area contributed by atoms with E-state index < -0.39 is 11.1 Å². The highest BCUT2D eigenvalue weighted by Crippen LogP contribution is 2.26. The third-order valence-electron chi connectivity index (χ3n) is 10.1. The molecule has 2 amide bonds. The molecule has 10 heteroatoms. The zero-order valence-corrected chi connectivity index (χ0v) is 28.3. The summed E-state index contributed by atoms with van der Waals surface area (Å²) < 4.78 is 5.44. The Kier molecular flexibility index (Phi) is 16.6. The molecule has 0 bridgehead atoms. The number of ether oxygens (including phenoxy) is 1. The number of carbonyl (C=O) groups excluding carboxylic acids is 5. The predicted octanol–water partition coefficient (Wildman–Crippen LogP) is 4.96. The number of nitrogens with zero attached hydrogens (tertiary/aromatic N) is 2. The van der Waals surface area contributed by atoms with Crippen LogP contribution in [0.2, 0.25) is 0 Å². The molecule has 10 nitrogen and oxygen atoms in total. The fourth-order valence-electron chi connectivity index (χ4n) is 6.89. The number of hydrogen-bond acceptors (Lipinski definition) is 8. The molecule has 2 N–H and O–H groups in total. The van der Waals surface area contributed by atoms with E-state index in [1.165, 1.54) is 0 Å². The van der Waals surface area contributed by atoms with Crippen LogP contribution in [-0.2, 0) is 23.9 Å². The highest BCUT2D eigenvalue weighted by molar-refractivity contribution is 5.88. The van der Waals surface area contributed by atoms with Gasteiger partial charge in [0.2, 0.25) is 5.91 Å². The lowest BCUT2D eigenvalue weighted by atomic mass is 9.83. The van der Waals surface area contributed by atoms with E-state index in [-0.39, 0.29) is 35.4 Å². The molecule has 1 unspecified atom stereocenters. The highest BCUT2D eigenvalue weighted by Gasteiger charge is 2.43. The fraction of sp³-hybridized carbons (Fsp3) is 0.853. The first-order valence-electron chi connectivity index (χ1n) is 17.1. The smallest absolute Gasteiger partial charge is 0.409 e. The van der Waals surface area contributed by atoms with E-state index in [4.69, 9.17) is 4.74 Å². The summed E-state index contributed by atoms with van der Waals surface area (Å²) in [6, 6.07) is -0.212. The fourth-order valence-corrected chi connectivity index (χ4v) is 6.89. The zero-order chi connectivity index (χ0) is 32.6. The van der Waals surface area contributed by atoms with Crippen LogP contribution in [-0.4, -0.2) is 96.6 Å². The van der Waals surface area contributed by atoms with Crippen molar-refractivity contribution in [1.29, 1.82) is 0 Å². The van der Waals surface area contributed by atoms with Gasteiger partial charge in [-0.1, -0.05) is 57.8 Å². The highest BCUT2D eigenvalue weighted by atomic mass is 16.6. The van der Waals surface area contributed by atoms with E-state index in [1.807, 2.05) is 7.05 Å². The van der Waals surface area contributed by atoms with Crippen molar-refractivity contribution in [1.82, 2.24) is 20.4 Å². The van der Waals surface area contributed by atoms with Crippen molar-refractivity contribution >= 4 is 29.4 Å². The van der Waals surface area contributed by atoms with E-state index in [0.717, 1.165) is 96.3 Å². The number of unbranched alkanes of at least 4 members (excludes halogenated alkanes) is 9. The van der Waals surface area contributed by atoms with Crippen LogP contribution in [0.3, 0.4) is 0 Å². The Morgan fingerprint density at radius 1 is 0.818 bits per heavy atom. The molecule has 44 heavy (non-hydrogen) atoms. The van der Waals surface area contributed by atoms with Gasteiger partial charge >= 0.3 is 6.09 Å². The van der Waals surface area contributed by atoms with Crippen molar-refractivity contribution in [3.8, 4) is 0 Å². The zero-order valence-electron chi connectivity index (χ0n) is 28.3. The van der Waals surface area contributed by atoms with Crippen LogP contribution in [0, 0.1) is 0 Å². The number of Topliss-reactive ketones (excluding diaryl/α,β-unsaturated/α-hetero) is 3. The standard InChI is InChI=1S/C34H60N4O6/c1-27(39)30-18-17-23-38(30)31(42)19-13-9-8-11-15-21-33(35-4,28(2)40)20-14-10-6-7-12-16-25-44-32(43)37-24-22-34(26-37,36-5)29(3)41/h30,35-36H,6-26H2,1-5H3/t30-,33?,34+/m1/s1. The van der Waals surface area contributed by atoms with Crippen LogP contribution >= 0.6 is 0 Å². The summed E-state index contributed by atoms with van der Waals surface area (Å²) in [6.07, 6.45) is 15.1. The van der Waals surface area contributed by atoms with Gasteiger partial charge in [0.25, 0.3) is 0 Å². The Balaban J connectivity index is 1.53. The number of likely N-dealkylation sites (tertiary alicyclic amines) is 2. The Bertz CT molecular complexity index is 958. The van der Waals surface area contributed by atoms with E-state index in [1.54, 1.807) is 37.6 Å².